The van der Waals surface area contributed by atoms with Crippen LogP contribution in [0.4, 0.5) is 4.39 Å². The number of nitrogens with two attached hydrogens (primary N) is 1. The minimum Gasteiger partial charge on any atom is -0.229 e. The number of halogens is 1. The first-order valence-electron chi connectivity index (χ1n) is 6.76. The van der Waals surface area contributed by atoms with Crippen molar-refractivity contribution in [2.75, 3.05) is 5.75 Å². The van der Waals surface area contributed by atoms with Crippen LogP contribution >= 0.6 is 0 Å². The van der Waals surface area contributed by atoms with Gasteiger partial charge in [0.25, 0.3) is 0 Å². The third kappa shape index (κ3) is 4.12. The molecule has 0 aliphatic rings. The molecule has 2 rings (SSSR count). The maximum Gasteiger partial charge on any atom is 0.209 e. The van der Waals surface area contributed by atoms with Crippen molar-refractivity contribution < 1.29 is 12.8 Å². The quantitative estimate of drug-likeness (QED) is 0.921. The normalized spacial score (nSPS) is 13.1. The summed E-state index contributed by atoms with van der Waals surface area (Å²) in [6.07, 6.45) is 0.676. The molecule has 112 valence electrons. The van der Waals surface area contributed by atoms with E-state index < -0.39 is 10.0 Å². The summed E-state index contributed by atoms with van der Waals surface area (Å²) in [5, 5.41) is 5.11. The lowest BCUT2D eigenvalue weighted by atomic mass is 9.95. The molecule has 21 heavy (non-hydrogen) atoms. The molecule has 0 aliphatic carbocycles. The van der Waals surface area contributed by atoms with Gasteiger partial charge in [-0.1, -0.05) is 49.4 Å². The molecule has 0 saturated heterocycles. The van der Waals surface area contributed by atoms with Crippen molar-refractivity contribution in [3.63, 3.8) is 0 Å². The standard InChI is InChI=1S/C16H18FNO2S/c1-2-12(11-21(18,19)20)13-7-9-14(10-8-13)15-5-3-4-6-16(15)17/h3-10,12H,2,11H2,1H3,(H2,18,19,20). The molecule has 1 unspecified atom stereocenters. The van der Waals surface area contributed by atoms with Crippen molar-refractivity contribution in [2.24, 2.45) is 5.14 Å². The van der Waals surface area contributed by atoms with Gasteiger partial charge in [-0.3, -0.25) is 0 Å². The maximum atomic E-state index is 13.7. The van der Waals surface area contributed by atoms with Gasteiger partial charge in [0.05, 0.1) is 5.75 Å². The van der Waals surface area contributed by atoms with E-state index in [1.165, 1.54) is 6.07 Å². The van der Waals surface area contributed by atoms with Crippen molar-refractivity contribution in [3.05, 3.63) is 59.9 Å². The van der Waals surface area contributed by atoms with E-state index in [1.807, 2.05) is 19.1 Å². The van der Waals surface area contributed by atoms with Gasteiger partial charge in [-0.15, -0.1) is 0 Å². The Labute approximate surface area is 124 Å². The first-order valence-corrected chi connectivity index (χ1v) is 8.47. The summed E-state index contributed by atoms with van der Waals surface area (Å²) in [6.45, 7) is 1.92. The molecule has 0 fully saturated rings. The Bertz CT molecular complexity index is 711. The zero-order valence-electron chi connectivity index (χ0n) is 11.8. The number of primary sulfonamides is 1. The molecule has 3 nitrogen and oxygen atoms in total. The highest BCUT2D eigenvalue weighted by Gasteiger charge is 2.16. The van der Waals surface area contributed by atoms with E-state index in [9.17, 15) is 12.8 Å². The van der Waals surface area contributed by atoms with Gasteiger partial charge in [-0.2, -0.15) is 0 Å². The van der Waals surface area contributed by atoms with Gasteiger partial charge in [-0.25, -0.2) is 17.9 Å². The van der Waals surface area contributed by atoms with Gasteiger partial charge in [0, 0.05) is 5.56 Å². The molecule has 2 N–H and O–H groups in total. The molecule has 0 bridgehead atoms. The lowest BCUT2D eigenvalue weighted by molar-refractivity contribution is 0.586. The van der Waals surface area contributed by atoms with Gasteiger partial charge in [0.1, 0.15) is 5.82 Å². The zero-order valence-corrected chi connectivity index (χ0v) is 12.6. The van der Waals surface area contributed by atoms with E-state index in [1.54, 1.807) is 30.3 Å². The number of hydrogen-bond donors (Lipinski definition) is 1. The Morgan fingerprint density at radius 3 is 2.24 bits per heavy atom. The third-order valence-electron chi connectivity index (χ3n) is 3.49. The second-order valence-corrected chi connectivity index (χ2v) is 6.70. The fourth-order valence-corrected chi connectivity index (χ4v) is 3.35. The number of hydrogen-bond acceptors (Lipinski definition) is 2. The van der Waals surface area contributed by atoms with Crippen LogP contribution in [-0.4, -0.2) is 14.2 Å². The van der Waals surface area contributed by atoms with Gasteiger partial charge in [0.15, 0.2) is 0 Å². The lowest BCUT2D eigenvalue weighted by Crippen LogP contribution is -2.21. The van der Waals surface area contributed by atoms with Gasteiger partial charge in [-0.05, 0) is 29.5 Å². The first-order chi connectivity index (χ1) is 9.90. The minimum absolute atomic E-state index is 0.0808. The van der Waals surface area contributed by atoms with Crippen LogP contribution in [-0.2, 0) is 10.0 Å². The highest BCUT2D eigenvalue weighted by atomic mass is 32.2. The van der Waals surface area contributed by atoms with E-state index in [0.29, 0.717) is 12.0 Å². The van der Waals surface area contributed by atoms with Crippen LogP contribution in [0, 0.1) is 5.82 Å². The lowest BCUT2D eigenvalue weighted by Gasteiger charge is -2.14. The molecular formula is C16H18FNO2S. The molecule has 1 atom stereocenters. The van der Waals surface area contributed by atoms with E-state index in [0.717, 1.165) is 11.1 Å². The fourth-order valence-electron chi connectivity index (χ4n) is 2.36. The van der Waals surface area contributed by atoms with Crippen molar-refractivity contribution >= 4 is 10.0 Å². The summed E-state index contributed by atoms with van der Waals surface area (Å²) in [5.41, 5.74) is 2.19. The smallest absolute Gasteiger partial charge is 0.209 e. The molecule has 5 heteroatoms. The molecule has 2 aromatic rings. The van der Waals surface area contributed by atoms with Crippen molar-refractivity contribution in [2.45, 2.75) is 19.3 Å². The average molecular weight is 307 g/mol. The predicted octanol–water partition coefficient (Wildman–Crippen LogP) is 3.27. The summed E-state index contributed by atoms with van der Waals surface area (Å²) < 4.78 is 36.2. The van der Waals surface area contributed by atoms with Crippen LogP contribution in [0.2, 0.25) is 0 Å². The second kappa shape index (κ2) is 6.37. The highest BCUT2D eigenvalue weighted by molar-refractivity contribution is 7.89. The molecule has 0 heterocycles. The summed E-state index contributed by atoms with van der Waals surface area (Å²) in [6, 6.07) is 13.8. The van der Waals surface area contributed by atoms with E-state index in [4.69, 9.17) is 5.14 Å². The van der Waals surface area contributed by atoms with Crippen LogP contribution in [0.15, 0.2) is 48.5 Å². The molecule has 2 aromatic carbocycles. The van der Waals surface area contributed by atoms with Crippen LogP contribution in [0.5, 0.6) is 0 Å². The summed E-state index contributed by atoms with van der Waals surface area (Å²) in [5.74, 6) is -0.501. The Morgan fingerprint density at radius 1 is 1.10 bits per heavy atom. The topological polar surface area (TPSA) is 60.2 Å². The van der Waals surface area contributed by atoms with Crippen molar-refractivity contribution in [1.82, 2.24) is 0 Å². The highest BCUT2D eigenvalue weighted by Crippen LogP contribution is 2.26. The molecule has 0 spiro atoms. The van der Waals surface area contributed by atoms with Crippen molar-refractivity contribution in [3.8, 4) is 11.1 Å². The number of sulfonamides is 1. The SMILES string of the molecule is CCC(CS(N)(=O)=O)c1ccc(-c2ccccc2F)cc1. The first kappa shape index (κ1) is 15.7. The fraction of sp³-hybridized carbons (Fsp3) is 0.250. The van der Waals surface area contributed by atoms with E-state index in [2.05, 4.69) is 0 Å². The largest absolute Gasteiger partial charge is 0.229 e. The van der Waals surface area contributed by atoms with Crippen LogP contribution in [0.3, 0.4) is 0 Å². The number of benzene rings is 2. The molecule has 0 aliphatic heterocycles. The predicted molar refractivity (Wildman–Crippen MR) is 82.8 cm³/mol. The summed E-state index contributed by atoms with van der Waals surface area (Å²) in [4.78, 5) is 0. The van der Waals surface area contributed by atoms with Crippen LogP contribution in [0.1, 0.15) is 24.8 Å². The molecule has 0 amide bonds. The maximum absolute atomic E-state index is 13.7. The molecule has 0 aromatic heterocycles. The molecular weight excluding hydrogens is 289 g/mol. The summed E-state index contributed by atoms with van der Waals surface area (Å²) in [7, 11) is -3.51. The van der Waals surface area contributed by atoms with Crippen LogP contribution < -0.4 is 5.14 Å². The Kier molecular flexibility index (Phi) is 4.75. The molecule has 0 saturated carbocycles. The Hall–Kier alpha value is -1.72. The van der Waals surface area contributed by atoms with E-state index >= 15 is 0 Å². The monoisotopic (exact) mass is 307 g/mol. The van der Waals surface area contributed by atoms with E-state index in [-0.39, 0.29) is 17.5 Å². The van der Waals surface area contributed by atoms with Gasteiger partial charge < -0.3 is 0 Å². The minimum atomic E-state index is -3.51. The Balaban J connectivity index is 2.28. The van der Waals surface area contributed by atoms with Crippen molar-refractivity contribution in [1.29, 1.82) is 0 Å². The Morgan fingerprint density at radius 2 is 1.71 bits per heavy atom. The molecule has 0 radical (unpaired) electrons. The summed E-state index contributed by atoms with van der Waals surface area (Å²) >= 11 is 0. The van der Waals surface area contributed by atoms with Gasteiger partial charge >= 0.3 is 0 Å². The average Bonchev–Trinajstić information content (AvgIpc) is 2.45. The van der Waals surface area contributed by atoms with Crippen LogP contribution in [0.25, 0.3) is 11.1 Å². The van der Waals surface area contributed by atoms with Gasteiger partial charge in [0.2, 0.25) is 10.0 Å². The third-order valence-corrected chi connectivity index (χ3v) is 4.36. The second-order valence-electron chi connectivity index (χ2n) is 5.04. The zero-order chi connectivity index (χ0) is 15.5. The number of rotatable bonds is 5.